The first-order chi connectivity index (χ1) is 24.9. The Labute approximate surface area is 319 Å². The number of hydrogen-bond acceptors (Lipinski definition) is 1. The summed E-state index contributed by atoms with van der Waals surface area (Å²) < 4.78 is 5.92. The van der Waals surface area contributed by atoms with Crippen LogP contribution >= 0.6 is 0 Å². The van der Waals surface area contributed by atoms with E-state index >= 15 is 0 Å². The largest absolute Gasteiger partial charge is 0.381 e. The quantitative estimate of drug-likeness (QED) is 0.0573. The van der Waals surface area contributed by atoms with Crippen LogP contribution in [0, 0.1) is 0 Å². The summed E-state index contributed by atoms with van der Waals surface area (Å²) in [6, 6.07) is 0. The minimum absolute atomic E-state index is 0.998. The van der Waals surface area contributed by atoms with Crippen molar-refractivity contribution in [3.8, 4) is 0 Å². The lowest BCUT2D eigenvalue weighted by atomic mass is 10.0. The molecule has 0 rings (SSSR count). The molecule has 0 aromatic heterocycles. The summed E-state index contributed by atoms with van der Waals surface area (Å²) >= 11 is 0. The first-order valence-electron chi connectivity index (χ1n) is 24.5. The van der Waals surface area contributed by atoms with Gasteiger partial charge in [0.2, 0.25) is 0 Å². The average Bonchev–Trinajstić information content (AvgIpc) is 3.13. The van der Waals surface area contributed by atoms with E-state index in [2.05, 4.69) is 13.8 Å². The maximum atomic E-state index is 5.92. The second-order valence-corrected chi connectivity index (χ2v) is 16.8. The molecule has 0 amide bonds. The lowest BCUT2D eigenvalue weighted by Crippen LogP contribution is -1.97. The van der Waals surface area contributed by atoms with Crippen molar-refractivity contribution < 1.29 is 4.74 Å². The van der Waals surface area contributed by atoms with E-state index in [-0.39, 0.29) is 0 Å². The fourth-order valence-electron chi connectivity index (χ4n) is 7.90. The molecular weight excluding hydrogens is 605 g/mol. The normalized spacial score (nSPS) is 11.6. The minimum Gasteiger partial charge on any atom is -0.381 e. The molecule has 0 aliphatic carbocycles. The van der Waals surface area contributed by atoms with E-state index in [4.69, 9.17) is 4.74 Å². The average molecular weight is 705 g/mol. The molecule has 0 unspecified atom stereocenters. The van der Waals surface area contributed by atoms with Gasteiger partial charge in [0.15, 0.2) is 0 Å². The van der Waals surface area contributed by atoms with Gasteiger partial charge in [0.25, 0.3) is 0 Å². The summed E-state index contributed by atoms with van der Waals surface area (Å²) in [5.41, 5.74) is 0. The molecule has 302 valence electrons. The smallest absolute Gasteiger partial charge is 0.0466 e. The molecule has 0 saturated carbocycles. The fraction of sp³-hybridized carbons (Fsp3) is 1.00. The van der Waals surface area contributed by atoms with Gasteiger partial charge >= 0.3 is 0 Å². The fourth-order valence-corrected chi connectivity index (χ4v) is 7.90. The lowest BCUT2D eigenvalue weighted by molar-refractivity contribution is 0.125. The summed E-state index contributed by atoms with van der Waals surface area (Å²) in [7, 11) is 0. The van der Waals surface area contributed by atoms with E-state index < -0.39 is 0 Å². The van der Waals surface area contributed by atoms with Gasteiger partial charge in [-0.2, -0.15) is 0 Å². The summed E-state index contributed by atoms with van der Waals surface area (Å²) in [6.45, 7) is 6.62. The molecule has 0 aromatic rings. The molecule has 1 heteroatoms. The predicted octanol–water partition coefficient (Wildman–Crippen LogP) is 18.6. The Hall–Kier alpha value is -0.0400. The van der Waals surface area contributed by atoms with E-state index in [0.717, 1.165) is 13.2 Å². The Bertz CT molecular complexity index is 495. The highest BCUT2D eigenvalue weighted by atomic mass is 16.5. The van der Waals surface area contributed by atoms with E-state index in [1.54, 1.807) is 0 Å². The van der Waals surface area contributed by atoms with Crippen LogP contribution in [0.25, 0.3) is 0 Å². The molecule has 0 radical (unpaired) electrons. The van der Waals surface area contributed by atoms with Crippen LogP contribution in [0.2, 0.25) is 0 Å². The van der Waals surface area contributed by atoms with Gasteiger partial charge in [0, 0.05) is 13.2 Å². The van der Waals surface area contributed by atoms with Crippen LogP contribution < -0.4 is 0 Å². The van der Waals surface area contributed by atoms with Crippen molar-refractivity contribution in [1.29, 1.82) is 0 Å². The first-order valence-corrected chi connectivity index (χ1v) is 24.5. The van der Waals surface area contributed by atoms with Crippen molar-refractivity contribution in [2.45, 2.75) is 303 Å². The maximum absolute atomic E-state index is 5.92. The monoisotopic (exact) mass is 705 g/mol. The number of hydrogen-bond donors (Lipinski definition) is 0. The number of ether oxygens (including phenoxy) is 1. The van der Waals surface area contributed by atoms with Crippen molar-refractivity contribution in [3.63, 3.8) is 0 Å². The van der Waals surface area contributed by atoms with E-state index in [1.165, 1.54) is 289 Å². The molecule has 0 aliphatic rings. The van der Waals surface area contributed by atoms with Crippen molar-refractivity contribution in [2.24, 2.45) is 0 Å². The Morgan fingerprint density at radius 3 is 0.420 bits per heavy atom. The van der Waals surface area contributed by atoms with Gasteiger partial charge in [-0.25, -0.2) is 0 Å². The molecule has 0 atom stereocenters. The molecule has 0 fully saturated rings. The Morgan fingerprint density at radius 2 is 0.280 bits per heavy atom. The highest BCUT2D eigenvalue weighted by molar-refractivity contribution is 4.53. The van der Waals surface area contributed by atoms with Gasteiger partial charge in [0.05, 0.1) is 0 Å². The van der Waals surface area contributed by atoms with Crippen molar-refractivity contribution in [2.75, 3.05) is 13.2 Å². The topological polar surface area (TPSA) is 9.23 Å². The molecule has 0 spiro atoms. The molecule has 0 aliphatic heterocycles. The second kappa shape index (κ2) is 49.0. The third kappa shape index (κ3) is 48.0. The number of rotatable bonds is 47. The van der Waals surface area contributed by atoms with Gasteiger partial charge < -0.3 is 4.74 Å². The van der Waals surface area contributed by atoms with Crippen molar-refractivity contribution in [1.82, 2.24) is 0 Å². The van der Waals surface area contributed by atoms with Crippen LogP contribution in [0.15, 0.2) is 0 Å². The lowest BCUT2D eigenvalue weighted by Gasteiger charge is -2.06. The summed E-state index contributed by atoms with van der Waals surface area (Å²) in [5.74, 6) is 0. The molecule has 0 aromatic carbocycles. The van der Waals surface area contributed by atoms with Gasteiger partial charge in [-0.3, -0.25) is 0 Å². The Morgan fingerprint density at radius 1 is 0.160 bits per heavy atom. The van der Waals surface area contributed by atoms with Crippen molar-refractivity contribution >= 4 is 0 Å². The maximum Gasteiger partial charge on any atom is 0.0466 e. The van der Waals surface area contributed by atoms with Crippen LogP contribution in [0.1, 0.15) is 303 Å². The predicted molar refractivity (Wildman–Crippen MR) is 230 cm³/mol. The molecule has 0 heterocycles. The SMILES string of the molecule is CCCCCCCCCCCCCCCCCCCCCCCCCCOCCCCCCCCCCCCCCCCCCCCCCC. The van der Waals surface area contributed by atoms with Gasteiger partial charge in [0.1, 0.15) is 0 Å². The van der Waals surface area contributed by atoms with E-state index in [1.807, 2.05) is 0 Å². The van der Waals surface area contributed by atoms with Gasteiger partial charge in [-0.15, -0.1) is 0 Å². The summed E-state index contributed by atoms with van der Waals surface area (Å²) in [4.78, 5) is 0. The molecule has 0 N–H and O–H groups in total. The van der Waals surface area contributed by atoms with E-state index in [0.29, 0.717) is 0 Å². The van der Waals surface area contributed by atoms with Crippen LogP contribution in [-0.4, -0.2) is 13.2 Å². The first kappa shape index (κ1) is 50.0. The van der Waals surface area contributed by atoms with Crippen molar-refractivity contribution in [3.05, 3.63) is 0 Å². The molecular formula is C49H100O. The Kier molecular flexibility index (Phi) is 48.9. The van der Waals surface area contributed by atoms with Crippen LogP contribution in [0.3, 0.4) is 0 Å². The highest BCUT2D eigenvalue weighted by Crippen LogP contribution is 2.17. The van der Waals surface area contributed by atoms with Gasteiger partial charge in [-0.1, -0.05) is 290 Å². The third-order valence-electron chi connectivity index (χ3n) is 11.5. The summed E-state index contributed by atoms with van der Waals surface area (Å²) in [6.07, 6.45) is 65.5. The van der Waals surface area contributed by atoms with Crippen LogP contribution in [0.5, 0.6) is 0 Å². The number of unbranched alkanes of at least 4 members (excludes halogenated alkanes) is 43. The van der Waals surface area contributed by atoms with Crippen LogP contribution in [0.4, 0.5) is 0 Å². The zero-order valence-corrected chi connectivity index (χ0v) is 35.6. The molecule has 0 bridgehead atoms. The minimum atomic E-state index is 0.998. The zero-order valence-electron chi connectivity index (χ0n) is 35.6. The molecule has 0 saturated heterocycles. The second-order valence-electron chi connectivity index (χ2n) is 16.8. The van der Waals surface area contributed by atoms with Crippen LogP contribution in [-0.2, 0) is 4.74 Å². The van der Waals surface area contributed by atoms with E-state index in [9.17, 15) is 0 Å². The third-order valence-corrected chi connectivity index (χ3v) is 11.5. The standard InChI is InChI=1S/C49H100O/c1-3-5-7-9-11-13-15-17-19-21-23-25-26-27-29-31-33-35-37-39-41-43-45-47-49-50-48-46-44-42-40-38-36-34-32-30-28-24-22-20-18-16-14-12-10-8-6-4-2/h3-49H2,1-2H3. The highest BCUT2D eigenvalue weighted by Gasteiger charge is 1.98. The molecule has 50 heavy (non-hydrogen) atoms. The Balaban J connectivity index is 3.04. The van der Waals surface area contributed by atoms with Gasteiger partial charge in [-0.05, 0) is 12.8 Å². The zero-order chi connectivity index (χ0) is 35.9. The molecule has 1 nitrogen and oxygen atoms in total. The summed E-state index contributed by atoms with van der Waals surface area (Å²) in [5, 5.41) is 0.